The van der Waals surface area contributed by atoms with Gasteiger partial charge in [0.1, 0.15) is 17.9 Å². The molecule has 0 heterocycles. The zero-order chi connectivity index (χ0) is 11.3. The third kappa shape index (κ3) is 2.87. The number of phenolic OH excluding ortho intramolecular Hbond substituents is 1. The lowest BCUT2D eigenvalue weighted by atomic mass is 10.3. The topological polar surface area (TPSA) is 92.2 Å². The van der Waals surface area contributed by atoms with Crippen molar-refractivity contribution < 1.29 is 5.11 Å². The molecule has 0 fully saturated rings. The molecule has 0 saturated carbocycles. The standard InChI is InChI=1S/C9H5ClN4O/c10-8-3-6(1-2-9(8)15)13-14-7(4-11)5-12/h1-3,13,15H. The molecule has 6 heteroatoms. The third-order valence-corrected chi connectivity index (χ3v) is 1.76. The molecule has 15 heavy (non-hydrogen) atoms. The lowest BCUT2D eigenvalue weighted by molar-refractivity contribution is 0.475. The summed E-state index contributed by atoms with van der Waals surface area (Å²) in [7, 11) is 0. The highest BCUT2D eigenvalue weighted by molar-refractivity contribution is 6.32. The molecule has 0 aromatic heterocycles. The van der Waals surface area contributed by atoms with Crippen LogP contribution in [0.3, 0.4) is 0 Å². The predicted molar refractivity (Wildman–Crippen MR) is 55.4 cm³/mol. The summed E-state index contributed by atoms with van der Waals surface area (Å²) >= 11 is 5.63. The summed E-state index contributed by atoms with van der Waals surface area (Å²) in [4.78, 5) is 0. The minimum absolute atomic E-state index is 0.0491. The number of nitrogens with one attached hydrogen (secondary N) is 1. The van der Waals surface area contributed by atoms with E-state index in [9.17, 15) is 0 Å². The fraction of sp³-hybridized carbons (Fsp3) is 0. The van der Waals surface area contributed by atoms with E-state index in [1.807, 2.05) is 0 Å². The van der Waals surface area contributed by atoms with Gasteiger partial charge in [-0.3, -0.25) is 5.43 Å². The number of rotatable bonds is 2. The van der Waals surface area contributed by atoms with Gasteiger partial charge in [-0.2, -0.15) is 15.6 Å². The van der Waals surface area contributed by atoms with Gasteiger partial charge in [0.2, 0.25) is 5.71 Å². The molecule has 0 amide bonds. The van der Waals surface area contributed by atoms with Gasteiger partial charge in [-0.05, 0) is 18.2 Å². The van der Waals surface area contributed by atoms with Crippen LogP contribution in [0.4, 0.5) is 5.69 Å². The molecule has 2 N–H and O–H groups in total. The molecule has 0 aliphatic rings. The van der Waals surface area contributed by atoms with Crippen LogP contribution in [0.15, 0.2) is 23.3 Å². The van der Waals surface area contributed by atoms with Gasteiger partial charge >= 0.3 is 0 Å². The van der Waals surface area contributed by atoms with Crippen LogP contribution in [0.2, 0.25) is 5.02 Å². The van der Waals surface area contributed by atoms with Crippen LogP contribution in [0.1, 0.15) is 0 Å². The number of benzene rings is 1. The first-order chi connectivity index (χ1) is 7.17. The van der Waals surface area contributed by atoms with E-state index in [1.165, 1.54) is 18.2 Å². The number of halogens is 1. The van der Waals surface area contributed by atoms with Crippen LogP contribution in [0.25, 0.3) is 0 Å². The highest BCUT2D eigenvalue weighted by Gasteiger charge is 1.99. The number of aromatic hydroxyl groups is 1. The van der Waals surface area contributed by atoms with E-state index in [4.69, 9.17) is 27.2 Å². The second-order valence-corrected chi connectivity index (χ2v) is 2.87. The smallest absolute Gasteiger partial charge is 0.237 e. The van der Waals surface area contributed by atoms with E-state index in [2.05, 4.69) is 10.5 Å². The van der Waals surface area contributed by atoms with Crippen LogP contribution in [0, 0.1) is 22.7 Å². The minimum Gasteiger partial charge on any atom is -0.506 e. The van der Waals surface area contributed by atoms with Crippen molar-refractivity contribution in [3.63, 3.8) is 0 Å². The number of hydrogen-bond donors (Lipinski definition) is 2. The van der Waals surface area contributed by atoms with Crippen LogP contribution < -0.4 is 5.43 Å². The summed E-state index contributed by atoms with van der Waals surface area (Å²) in [6.45, 7) is 0. The maximum absolute atomic E-state index is 9.11. The van der Waals surface area contributed by atoms with Gasteiger partial charge in [0, 0.05) is 0 Å². The SMILES string of the molecule is N#CC(C#N)=NNc1ccc(O)c(Cl)c1. The van der Waals surface area contributed by atoms with Crippen LogP contribution >= 0.6 is 11.6 Å². The van der Waals surface area contributed by atoms with Crippen molar-refractivity contribution in [1.29, 1.82) is 10.5 Å². The molecule has 1 aromatic rings. The summed E-state index contributed by atoms with van der Waals surface area (Å²) in [5, 5.41) is 29.6. The molecule has 5 nitrogen and oxygen atoms in total. The second kappa shape index (κ2) is 4.85. The first-order valence-electron chi connectivity index (χ1n) is 3.80. The number of anilines is 1. The van der Waals surface area contributed by atoms with E-state index < -0.39 is 0 Å². The lowest BCUT2D eigenvalue weighted by Gasteiger charge is -2.01. The van der Waals surface area contributed by atoms with E-state index in [0.29, 0.717) is 5.69 Å². The first-order valence-corrected chi connectivity index (χ1v) is 4.17. The van der Waals surface area contributed by atoms with E-state index in [-0.39, 0.29) is 16.5 Å². The van der Waals surface area contributed by atoms with Crippen LogP contribution in [0.5, 0.6) is 5.75 Å². The van der Waals surface area contributed by atoms with Crippen LogP contribution in [-0.4, -0.2) is 10.8 Å². The molecule has 0 unspecified atom stereocenters. The van der Waals surface area contributed by atoms with E-state index >= 15 is 0 Å². The molecule has 0 bridgehead atoms. The minimum atomic E-state index is -0.292. The normalized spacial score (nSPS) is 8.47. The Hall–Kier alpha value is -2.24. The van der Waals surface area contributed by atoms with Gasteiger partial charge in [0.05, 0.1) is 10.7 Å². The van der Waals surface area contributed by atoms with Crippen molar-refractivity contribution in [2.75, 3.05) is 5.43 Å². The summed E-state index contributed by atoms with van der Waals surface area (Å²) in [6.07, 6.45) is 0. The Morgan fingerprint density at radius 1 is 1.40 bits per heavy atom. The predicted octanol–water partition coefficient (Wildman–Crippen LogP) is 1.86. The fourth-order valence-corrected chi connectivity index (χ4v) is 0.952. The molecule has 1 aromatic carbocycles. The highest BCUT2D eigenvalue weighted by Crippen LogP contribution is 2.25. The molecule has 0 aliphatic carbocycles. The van der Waals surface area contributed by atoms with Crippen molar-refractivity contribution in [1.82, 2.24) is 0 Å². The molecule has 0 aliphatic heterocycles. The van der Waals surface area contributed by atoms with Crippen molar-refractivity contribution in [2.24, 2.45) is 5.10 Å². The van der Waals surface area contributed by atoms with Crippen molar-refractivity contribution in [3.05, 3.63) is 23.2 Å². The van der Waals surface area contributed by atoms with Gasteiger partial charge in [-0.1, -0.05) is 11.6 Å². The Bertz CT molecular complexity index is 468. The van der Waals surface area contributed by atoms with Gasteiger partial charge in [0.25, 0.3) is 0 Å². The molecule has 1 rings (SSSR count). The molecule has 0 spiro atoms. The largest absolute Gasteiger partial charge is 0.506 e. The monoisotopic (exact) mass is 220 g/mol. The molecular formula is C9H5ClN4O. The van der Waals surface area contributed by atoms with Gasteiger partial charge in [-0.15, -0.1) is 0 Å². The molecule has 74 valence electrons. The average Bonchev–Trinajstić information content (AvgIpc) is 2.24. The van der Waals surface area contributed by atoms with Crippen molar-refractivity contribution in [2.45, 2.75) is 0 Å². The quantitative estimate of drug-likeness (QED) is 0.452. The van der Waals surface area contributed by atoms with Crippen molar-refractivity contribution in [3.8, 4) is 17.9 Å². The number of phenols is 1. The Morgan fingerprint density at radius 3 is 2.60 bits per heavy atom. The van der Waals surface area contributed by atoms with E-state index in [1.54, 1.807) is 12.1 Å². The van der Waals surface area contributed by atoms with E-state index in [0.717, 1.165) is 0 Å². The fourth-order valence-electron chi connectivity index (χ4n) is 0.772. The number of nitriles is 2. The molecular weight excluding hydrogens is 216 g/mol. The number of hydrogen-bond acceptors (Lipinski definition) is 5. The Kier molecular flexibility index (Phi) is 3.50. The summed E-state index contributed by atoms with van der Waals surface area (Å²) < 4.78 is 0. The van der Waals surface area contributed by atoms with Gasteiger partial charge < -0.3 is 5.11 Å². The first kappa shape index (κ1) is 10.8. The lowest BCUT2D eigenvalue weighted by Crippen LogP contribution is -1.95. The molecule has 0 atom stereocenters. The maximum Gasteiger partial charge on any atom is 0.237 e. The Labute approximate surface area is 90.8 Å². The highest BCUT2D eigenvalue weighted by atomic mass is 35.5. The van der Waals surface area contributed by atoms with Crippen molar-refractivity contribution >= 4 is 23.0 Å². The average molecular weight is 221 g/mol. The maximum atomic E-state index is 9.11. The third-order valence-electron chi connectivity index (χ3n) is 1.46. The zero-order valence-electron chi connectivity index (χ0n) is 7.40. The summed E-state index contributed by atoms with van der Waals surface area (Å²) in [5.41, 5.74) is 2.64. The molecule has 0 radical (unpaired) electrons. The number of hydrazone groups is 1. The zero-order valence-corrected chi connectivity index (χ0v) is 8.15. The Morgan fingerprint density at radius 2 is 2.07 bits per heavy atom. The van der Waals surface area contributed by atoms with Gasteiger partial charge in [-0.25, -0.2) is 0 Å². The van der Waals surface area contributed by atoms with Gasteiger partial charge in [0.15, 0.2) is 0 Å². The second-order valence-electron chi connectivity index (χ2n) is 2.46. The Balaban J connectivity index is 2.84. The van der Waals surface area contributed by atoms with Crippen LogP contribution in [-0.2, 0) is 0 Å². The summed E-state index contributed by atoms with van der Waals surface area (Å²) in [6, 6.07) is 7.49. The molecule has 0 saturated heterocycles. The number of nitrogens with zero attached hydrogens (tertiary/aromatic N) is 3. The summed E-state index contributed by atoms with van der Waals surface area (Å²) in [5.74, 6) is -0.0491.